The summed E-state index contributed by atoms with van der Waals surface area (Å²) in [4.78, 5) is 6.89. The third kappa shape index (κ3) is 2.84. The number of aromatic nitrogens is 2. The summed E-state index contributed by atoms with van der Waals surface area (Å²) < 4.78 is 40.4. The monoisotopic (exact) mass is 317 g/mol. The molecule has 5 nitrogen and oxygen atoms in total. The Morgan fingerprint density at radius 3 is 2.41 bits per heavy atom. The Morgan fingerprint density at radius 2 is 1.68 bits per heavy atom. The van der Waals surface area contributed by atoms with Crippen molar-refractivity contribution in [2.75, 3.05) is 4.72 Å². The second-order valence-electron chi connectivity index (χ2n) is 4.54. The lowest BCUT2D eigenvalue weighted by molar-refractivity contribution is 0.601. The Morgan fingerprint density at radius 1 is 1.00 bits per heavy atom. The molecule has 2 N–H and O–H groups in total. The zero-order valence-electron chi connectivity index (χ0n) is 11.3. The van der Waals surface area contributed by atoms with E-state index in [2.05, 4.69) is 14.7 Å². The molecule has 0 aliphatic rings. The summed E-state index contributed by atoms with van der Waals surface area (Å²) in [6.45, 7) is 0. The molecule has 0 amide bonds. The molecule has 0 atom stereocenters. The van der Waals surface area contributed by atoms with Gasteiger partial charge < -0.3 is 4.98 Å². The maximum absolute atomic E-state index is 13.7. The lowest BCUT2D eigenvalue weighted by Gasteiger charge is -2.05. The highest BCUT2D eigenvalue weighted by atomic mass is 32.2. The quantitative estimate of drug-likeness (QED) is 0.776. The highest BCUT2D eigenvalue weighted by Crippen LogP contribution is 2.22. The molecule has 0 saturated heterocycles. The number of halogens is 1. The first-order chi connectivity index (χ1) is 10.6. The maximum atomic E-state index is 13.7. The topological polar surface area (TPSA) is 74.8 Å². The summed E-state index contributed by atoms with van der Waals surface area (Å²) in [5.74, 6) is -0.0136. The fourth-order valence-corrected chi connectivity index (χ4v) is 2.99. The highest BCUT2D eigenvalue weighted by molar-refractivity contribution is 7.92. The lowest BCUT2D eigenvalue weighted by Crippen LogP contribution is -2.12. The minimum atomic E-state index is -3.71. The number of nitrogens with zero attached hydrogens (tertiary/aromatic N) is 1. The average Bonchev–Trinajstić information content (AvgIpc) is 2.96. The molecule has 3 rings (SSSR count). The summed E-state index contributed by atoms with van der Waals surface area (Å²) >= 11 is 0. The van der Waals surface area contributed by atoms with Crippen molar-refractivity contribution in [2.24, 2.45) is 0 Å². The van der Waals surface area contributed by atoms with Gasteiger partial charge in [0.1, 0.15) is 17.5 Å². The van der Waals surface area contributed by atoms with Gasteiger partial charge >= 0.3 is 0 Å². The van der Waals surface area contributed by atoms with Gasteiger partial charge in [0.2, 0.25) is 0 Å². The Kier molecular flexibility index (Phi) is 3.64. The van der Waals surface area contributed by atoms with Crippen LogP contribution >= 0.6 is 0 Å². The van der Waals surface area contributed by atoms with Crippen LogP contribution in [0, 0.1) is 5.82 Å². The predicted molar refractivity (Wildman–Crippen MR) is 81.2 cm³/mol. The number of sulfonamides is 1. The third-order valence-electron chi connectivity index (χ3n) is 3.00. The molecule has 0 fully saturated rings. The number of imidazole rings is 1. The first-order valence-corrected chi connectivity index (χ1v) is 7.92. The van der Waals surface area contributed by atoms with Crippen LogP contribution in [0.2, 0.25) is 0 Å². The number of rotatable bonds is 4. The van der Waals surface area contributed by atoms with Gasteiger partial charge in [0.15, 0.2) is 0 Å². The third-order valence-corrected chi connectivity index (χ3v) is 4.38. The molecule has 0 unspecified atom stereocenters. The van der Waals surface area contributed by atoms with Crippen LogP contribution in [0.25, 0.3) is 11.4 Å². The molecule has 0 spiro atoms. The smallest absolute Gasteiger partial charge is 0.263 e. The van der Waals surface area contributed by atoms with Crippen LogP contribution in [0.4, 0.5) is 10.2 Å². The van der Waals surface area contributed by atoms with Gasteiger partial charge in [-0.15, -0.1) is 0 Å². The second-order valence-corrected chi connectivity index (χ2v) is 6.23. The van der Waals surface area contributed by atoms with E-state index in [1.165, 1.54) is 24.4 Å². The molecular weight excluding hydrogens is 305 g/mol. The number of nitrogens with one attached hydrogen (secondary N) is 2. The average molecular weight is 317 g/mol. The molecule has 0 aliphatic heterocycles. The number of aromatic amines is 1. The Bertz CT molecular complexity index is 892. The molecule has 1 aromatic heterocycles. The largest absolute Gasteiger partial charge is 0.324 e. The van der Waals surface area contributed by atoms with Crippen LogP contribution in [-0.2, 0) is 10.0 Å². The fraction of sp³-hybridized carbons (Fsp3) is 0. The van der Waals surface area contributed by atoms with Crippen molar-refractivity contribution in [1.82, 2.24) is 9.97 Å². The molecule has 3 aromatic rings. The highest BCUT2D eigenvalue weighted by Gasteiger charge is 2.15. The van der Waals surface area contributed by atoms with Crippen molar-refractivity contribution >= 4 is 15.8 Å². The lowest BCUT2D eigenvalue weighted by atomic mass is 10.2. The van der Waals surface area contributed by atoms with Gasteiger partial charge in [-0.1, -0.05) is 30.3 Å². The zero-order valence-corrected chi connectivity index (χ0v) is 12.1. The number of hydrogen-bond acceptors (Lipinski definition) is 3. The number of hydrogen-bond donors (Lipinski definition) is 2. The number of H-pyrrole nitrogens is 1. The van der Waals surface area contributed by atoms with E-state index in [1.807, 2.05) is 0 Å². The van der Waals surface area contributed by atoms with Crippen LogP contribution in [-0.4, -0.2) is 18.4 Å². The first kappa shape index (κ1) is 14.3. The summed E-state index contributed by atoms with van der Waals surface area (Å²) in [6.07, 6.45) is 1.31. The number of anilines is 1. The molecule has 112 valence electrons. The van der Waals surface area contributed by atoms with Gasteiger partial charge in [0.05, 0.1) is 16.7 Å². The summed E-state index contributed by atoms with van der Waals surface area (Å²) in [5.41, 5.74) is 0.271. The molecule has 22 heavy (non-hydrogen) atoms. The summed E-state index contributed by atoms with van der Waals surface area (Å²) in [6, 6.07) is 14.1. The van der Waals surface area contributed by atoms with Gasteiger partial charge in [-0.3, -0.25) is 4.72 Å². The molecule has 2 aromatic carbocycles. The van der Waals surface area contributed by atoms with Gasteiger partial charge in [-0.05, 0) is 24.3 Å². The fourth-order valence-electron chi connectivity index (χ4n) is 1.97. The molecule has 0 radical (unpaired) electrons. The SMILES string of the molecule is O=S(=O)(Nc1cnc(-c2ccccc2F)[nH]1)c1ccccc1. The van der Waals surface area contributed by atoms with Crippen LogP contribution in [0.3, 0.4) is 0 Å². The minimum absolute atomic E-state index is 0.136. The summed E-state index contributed by atoms with van der Waals surface area (Å²) in [7, 11) is -3.71. The molecule has 0 saturated carbocycles. The van der Waals surface area contributed by atoms with Gasteiger partial charge in [0, 0.05) is 0 Å². The van der Waals surface area contributed by atoms with Gasteiger partial charge in [-0.2, -0.15) is 0 Å². The predicted octanol–water partition coefficient (Wildman–Crippen LogP) is 3.02. The van der Waals surface area contributed by atoms with Crippen molar-refractivity contribution in [3.8, 4) is 11.4 Å². The minimum Gasteiger partial charge on any atom is -0.324 e. The van der Waals surface area contributed by atoms with E-state index in [9.17, 15) is 12.8 Å². The van der Waals surface area contributed by atoms with Crippen molar-refractivity contribution in [2.45, 2.75) is 4.90 Å². The van der Waals surface area contributed by atoms with E-state index in [0.29, 0.717) is 0 Å². The van der Waals surface area contributed by atoms with Crippen molar-refractivity contribution < 1.29 is 12.8 Å². The summed E-state index contributed by atoms with van der Waals surface area (Å²) in [5, 5.41) is 0. The van der Waals surface area contributed by atoms with Crippen molar-refractivity contribution in [3.05, 3.63) is 66.6 Å². The molecule has 7 heteroatoms. The van der Waals surface area contributed by atoms with E-state index in [0.717, 1.165) is 0 Å². The standard InChI is InChI=1S/C15H12FN3O2S/c16-13-9-5-4-8-12(13)15-17-10-14(18-15)19-22(20,21)11-6-2-1-3-7-11/h1-10,19H,(H,17,18). The van der Waals surface area contributed by atoms with E-state index in [-0.39, 0.29) is 22.1 Å². The molecule has 0 aliphatic carbocycles. The van der Waals surface area contributed by atoms with Crippen LogP contribution in [0.5, 0.6) is 0 Å². The molecule has 0 bridgehead atoms. The van der Waals surface area contributed by atoms with E-state index >= 15 is 0 Å². The maximum Gasteiger partial charge on any atom is 0.263 e. The zero-order chi connectivity index (χ0) is 15.6. The van der Waals surface area contributed by atoms with Crippen molar-refractivity contribution in [3.63, 3.8) is 0 Å². The second kappa shape index (κ2) is 5.61. The normalized spacial score (nSPS) is 11.3. The molecule has 1 heterocycles. The van der Waals surface area contributed by atoms with Gasteiger partial charge in [0.25, 0.3) is 10.0 Å². The van der Waals surface area contributed by atoms with Crippen LogP contribution in [0.1, 0.15) is 0 Å². The van der Waals surface area contributed by atoms with Crippen LogP contribution < -0.4 is 4.72 Å². The Balaban J connectivity index is 1.88. The van der Waals surface area contributed by atoms with E-state index in [1.54, 1.807) is 36.4 Å². The van der Waals surface area contributed by atoms with E-state index in [4.69, 9.17) is 0 Å². The Hall–Kier alpha value is -2.67. The number of benzene rings is 2. The van der Waals surface area contributed by atoms with E-state index < -0.39 is 15.8 Å². The Labute approximate surface area is 126 Å². The molecular formula is C15H12FN3O2S. The van der Waals surface area contributed by atoms with Gasteiger partial charge in [-0.25, -0.2) is 17.8 Å². The van der Waals surface area contributed by atoms with Crippen molar-refractivity contribution in [1.29, 1.82) is 0 Å². The van der Waals surface area contributed by atoms with Crippen LogP contribution in [0.15, 0.2) is 65.7 Å². The first-order valence-electron chi connectivity index (χ1n) is 6.44.